The molecule has 0 atom stereocenters. The predicted octanol–water partition coefficient (Wildman–Crippen LogP) is 2.65. The number of halogens is 2. The first-order valence-corrected chi connectivity index (χ1v) is 7.72. The van der Waals surface area contributed by atoms with Crippen LogP contribution in [0.3, 0.4) is 0 Å². The summed E-state index contributed by atoms with van der Waals surface area (Å²) >= 11 is 11.8. The van der Waals surface area contributed by atoms with E-state index in [1.165, 1.54) is 12.1 Å². The van der Waals surface area contributed by atoms with Crippen molar-refractivity contribution in [3.8, 4) is 0 Å². The molecule has 0 bridgehead atoms. The van der Waals surface area contributed by atoms with Crippen LogP contribution in [-0.2, 0) is 10.0 Å². The Balaban J connectivity index is 2.32. The lowest BCUT2D eigenvalue weighted by molar-refractivity contribution is 0.530. The number of hydrogen-bond acceptors (Lipinski definition) is 3. The van der Waals surface area contributed by atoms with E-state index in [2.05, 4.69) is 4.72 Å². The van der Waals surface area contributed by atoms with Gasteiger partial charge in [0.15, 0.2) is 0 Å². The van der Waals surface area contributed by atoms with Gasteiger partial charge in [-0.25, -0.2) is 13.1 Å². The quantitative estimate of drug-likeness (QED) is 0.840. The van der Waals surface area contributed by atoms with Crippen molar-refractivity contribution >= 4 is 38.9 Å². The van der Waals surface area contributed by atoms with Crippen molar-refractivity contribution in [3.05, 3.63) is 22.2 Å². The highest BCUT2D eigenvalue weighted by molar-refractivity contribution is 7.89. The number of benzene rings is 1. The van der Waals surface area contributed by atoms with Crippen LogP contribution in [0.25, 0.3) is 0 Å². The van der Waals surface area contributed by atoms with Crippen LogP contribution in [0.5, 0.6) is 0 Å². The van der Waals surface area contributed by atoms with Gasteiger partial charge >= 0.3 is 0 Å². The molecule has 0 aliphatic heterocycles. The van der Waals surface area contributed by atoms with Gasteiger partial charge in [0.05, 0.1) is 15.7 Å². The normalized spacial score (nSPS) is 17.7. The third-order valence-corrected chi connectivity index (χ3v) is 5.57. The number of sulfonamides is 1. The van der Waals surface area contributed by atoms with E-state index in [-0.39, 0.29) is 26.0 Å². The Morgan fingerprint density at radius 2 is 2.00 bits per heavy atom. The van der Waals surface area contributed by atoms with Crippen LogP contribution in [0.4, 0.5) is 5.69 Å². The summed E-state index contributed by atoms with van der Waals surface area (Å²) in [6.07, 6.45) is 2.04. The summed E-state index contributed by atoms with van der Waals surface area (Å²) in [6.45, 7) is 2.41. The third-order valence-electron chi connectivity index (χ3n) is 3.14. The second-order valence-electron chi connectivity index (χ2n) is 4.91. The minimum atomic E-state index is -3.73. The topological polar surface area (TPSA) is 72.2 Å². The third kappa shape index (κ3) is 2.74. The van der Waals surface area contributed by atoms with Gasteiger partial charge in [-0.15, -0.1) is 0 Å². The maximum atomic E-state index is 12.2. The Morgan fingerprint density at radius 1 is 1.39 bits per heavy atom. The summed E-state index contributed by atoms with van der Waals surface area (Å²) < 4.78 is 26.9. The van der Waals surface area contributed by atoms with E-state index in [9.17, 15) is 8.42 Å². The van der Waals surface area contributed by atoms with Crippen molar-refractivity contribution in [3.63, 3.8) is 0 Å². The molecule has 0 spiro atoms. The molecule has 2 rings (SSSR count). The SMILES string of the molecule is CC1(CNS(=O)(=O)c2c(Cl)ccc(N)c2Cl)CC1. The van der Waals surface area contributed by atoms with Crippen molar-refractivity contribution in [2.45, 2.75) is 24.7 Å². The van der Waals surface area contributed by atoms with Gasteiger partial charge in [-0.3, -0.25) is 0 Å². The molecule has 7 heteroatoms. The summed E-state index contributed by atoms with van der Waals surface area (Å²) in [4.78, 5) is -0.143. The summed E-state index contributed by atoms with van der Waals surface area (Å²) in [5.74, 6) is 0. The van der Waals surface area contributed by atoms with Crippen molar-refractivity contribution in [1.29, 1.82) is 0 Å². The maximum absolute atomic E-state index is 12.2. The van der Waals surface area contributed by atoms with E-state index in [4.69, 9.17) is 28.9 Å². The summed E-state index contributed by atoms with van der Waals surface area (Å²) in [6, 6.07) is 2.90. The van der Waals surface area contributed by atoms with Crippen LogP contribution in [0, 0.1) is 5.41 Å². The van der Waals surface area contributed by atoms with Crippen LogP contribution in [0.1, 0.15) is 19.8 Å². The van der Waals surface area contributed by atoms with E-state index in [0.29, 0.717) is 6.54 Å². The lowest BCUT2D eigenvalue weighted by Crippen LogP contribution is -2.29. The molecule has 1 fully saturated rings. The second kappa shape index (κ2) is 4.56. The van der Waals surface area contributed by atoms with Crippen molar-refractivity contribution < 1.29 is 8.42 Å². The minimum absolute atomic E-state index is 0.0315. The van der Waals surface area contributed by atoms with Crippen molar-refractivity contribution in [1.82, 2.24) is 4.72 Å². The zero-order valence-electron chi connectivity index (χ0n) is 9.83. The van der Waals surface area contributed by atoms with E-state index in [0.717, 1.165) is 12.8 Å². The van der Waals surface area contributed by atoms with Crippen LogP contribution < -0.4 is 10.5 Å². The molecular weight excluding hydrogens is 295 g/mol. The molecule has 18 heavy (non-hydrogen) atoms. The van der Waals surface area contributed by atoms with Gasteiger partial charge < -0.3 is 5.73 Å². The Labute approximate surface area is 117 Å². The Hall–Kier alpha value is -0.490. The molecule has 1 aliphatic rings. The van der Waals surface area contributed by atoms with Gasteiger partial charge in [-0.05, 0) is 30.4 Å². The molecule has 100 valence electrons. The molecule has 0 aromatic heterocycles. The lowest BCUT2D eigenvalue weighted by atomic mass is 10.2. The fraction of sp³-hybridized carbons (Fsp3) is 0.455. The smallest absolute Gasteiger partial charge is 0.243 e. The molecule has 0 unspecified atom stereocenters. The standard InChI is InChI=1S/C11H14Cl2N2O2S/c1-11(4-5-11)6-15-18(16,17)10-7(12)2-3-8(14)9(10)13/h2-3,15H,4-6,14H2,1H3. The molecule has 1 aromatic rings. The van der Waals surface area contributed by atoms with Crippen molar-refractivity contribution in [2.75, 3.05) is 12.3 Å². The van der Waals surface area contributed by atoms with Crippen LogP contribution in [0.15, 0.2) is 17.0 Å². The van der Waals surface area contributed by atoms with Gasteiger partial charge in [-0.2, -0.15) is 0 Å². The summed E-state index contributed by atoms with van der Waals surface area (Å²) in [7, 11) is -3.73. The van der Waals surface area contributed by atoms with E-state index in [1.807, 2.05) is 6.92 Å². The summed E-state index contributed by atoms with van der Waals surface area (Å²) in [5, 5.41) is 0.0404. The molecule has 0 heterocycles. The number of nitrogens with two attached hydrogens (primary N) is 1. The lowest BCUT2D eigenvalue weighted by Gasteiger charge is -2.13. The van der Waals surface area contributed by atoms with Gasteiger partial charge in [-0.1, -0.05) is 30.1 Å². The first-order valence-electron chi connectivity index (χ1n) is 5.48. The molecule has 0 saturated heterocycles. The van der Waals surface area contributed by atoms with Crippen LogP contribution in [-0.4, -0.2) is 15.0 Å². The Bertz CT molecular complexity index is 583. The molecule has 1 aromatic carbocycles. The highest BCUT2D eigenvalue weighted by Gasteiger charge is 2.38. The Morgan fingerprint density at radius 3 is 2.56 bits per heavy atom. The van der Waals surface area contributed by atoms with E-state index < -0.39 is 10.0 Å². The van der Waals surface area contributed by atoms with Gasteiger partial charge in [0.25, 0.3) is 0 Å². The zero-order valence-corrected chi connectivity index (χ0v) is 12.2. The largest absolute Gasteiger partial charge is 0.397 e. The van der Waals surface area contributed by atoms with Crippen LogP contribution in [0.2, 0.25) is 10.0 Å². The highest BCUT2D eigenvalue weighted by atomic mass is 35.5. The number of rotatable bonds is 4. The number of anilines is 1. The Kier molecular flexibility index (Phi) is 3.53. The average molecular weight is 309 g/mol. The minimum Gasteiger partial charge on any atom is -0.397 e. The fourth-order valence-corrected chi connectivity index (χ4v) is 3.87. The van der Waals surface area contributed by atoms with E-state index in [1.54, 1.807) is 0 Å². The number of hydrogen-bond donors (Lipinski definition) is 2. The van der Waals surface area contributed by atoms with Crippen molar-refractivity contribution in [2.24, 2.45) is 5.41 Å². The number of nitrogen functional groups attached to an aromatic ring is 1. The van der Waals surface area contributed by atoms with Gasteiger partial charge in [0.2, 0.25) is 10.0 Å². The highest BCUT2D eigenvalue weighted by Crippen LogP contribution is 2.44. The summed E-state index contributed by atoms with van der Waals surface area (Å²) in [5.41, 5.74) is 5.85. The van der Waals surface area contributed by atoms with E-state index >= 15 is 0 Å². The molecule has 0 amide bonds. The molecule has 1 saturated carbocycles. The fourth-order valence-electron chi connectivity index (χ4n) is 1.53. The number of nitrogens with one attached hydrogen (secondary N) is 1. The molecular formula is C11H14Cl2N2O2S. The predicted molar refractivity (Wildman–Crippen MR) is 73.4 cm³/mol. The molecule has 1 aliphatic carbocycles. The van der Waals surface area contributed by atoms with Crippen LogP contribution >= 0.6 is 23.2 Å². The molecule has 3 N–H and O–H groups in total. The van der Waals surface area contributed by atoms with Gasteiger partial charge in [0, 0.05) is 6.54 Å². The first-order chi connectivity index (χ1) is 8.25. The monoisotopic (exact) mass is 308 g/mol. The molecule has 4 nitrogen and oxygen atoms in total. The first kappa shape index (κ1) is 13.9. The van der Waals surface area contributed by atoms with Gasteiger partial charge in [0.1, 0.15) is 4.90 Å². The molecule has 0 radical (unpaired) electrons. The zero-order chi connectivity index (χ0) is 13.6. The maximum Gasteiger partial charge on any atom is 0.243 e. The second-order valence-corrected chi connectivity index (χ2v) is 7.40. The average Bonchev–Trinajstić information content (AvgIpc) is 3.01.